The number of rotatable bonds is 6. The lowest BCUT2D eigenvalue weighted by Crippen LogP contribution is -2.23. The number of benzene rings is 1. The Morgan fingerprint density at radius 1 is 1.22 bits per heavy atom. The molecule has 0 unspecified atom stereocenters. The van der Waals surface area contributed by atoms with E-state index in [0.29, 0.717) is 22.6 Å². The van der Waals surface area contributed by atoms with Gasteiger partial charge in [0.25, 0.3) is 5.56 Å². The lowest BCUT2D eigenvalue weighted by Gasteiger charge is -2.07. The Balaban J connectivity index is 1.74. The molecule has 0 saturated carbocycles. The topological polar surface area (TPSA) is 78.5 Å². The van der Waals surface area contributed by atoms with Crippen LogP contribution in [0.3, 0.4) is 0 Å². The predicted molar refractivity (Wildman–Crippen MR) is 101 cm³/mol. The molecule has 0 saturated heterocycles. The molecule has 0 aliphatic carbocycles. The van der Waals surface area contributed by atoms with E-state index >= 15 is 0 Å². The lowest BCUT2D eigenvalue weighted by atomic mass is 10.1. The van der Waals surface area contributed by atoms with Gasteiger partial charge in [-0.15, -0.1) is 16.4 Å². The third-order valence-corrected chi connectivity index (χ3v) is 5.24. The number of nitrogens with zero attached hydrogens (tertiary/aromatic N) is 6. The second kappa shape index (κ2) is 7.36. The van der Waals surface area contributed by atoms with Crippen molar-refractivity contribution >= 4 is 21.6 Å². The van der Waals surface area contributed by atoms with E-state index < -0.39 is 0 Å². The summed E-state index contributed by atoms with van der Waals surface area (Å²) in [5.41, 5.74) is 1.38. The Labute approximate surface area is 158 Å². The van der Waals surface area contributed by atoms with Crippen LogP contribution in [0, 0.1) is 5.82 Å². The van der Waals surface area contributed by atoms with E-state index in [1.807, 2.05) is 5.38 Å². The average molecular weight is 384 g/mol. The maximum absolute atomic E-state index is 13.2. The van der Waals surface area contributed by atoms with E-state index in [-0.39, 0.29) is 17.9 Å². The zero-order valence-electron chi connectivity index (χ0n) is 14.7. The van der Waals surface area contributed by atoms with E-state index in [2.05, 4.69) is 27.4 Å². The first-order valence-electron chi connectivity index (χ1n) is 8.65. The molecule has 0 aliphatic rings. The highest BCUT2D eigenvalue weighted by molar-refractivity contribution is 7.17. The minimum Gasteiger partial charge on any atom is -0.291 e. The normalized spacial score (nSPS) is 11.3. The fourth-order valence-electron chi connectivity index (χ4n) is 2.89. The van der Waals surface area contributed by atoms with Crippen LogP contribution in [0.25, 0.3) is 21.3 Å². The highest BCUT2D eigenvalue weighted by Gasteiger charge is 2.15. The summed E-state index contributed by atoms with van der Waals surface area (Å²) in [5, 5.41) is 14.2. The van der Waals surface area contributed by atoms with Gasteiger partial charge in [0.2, 0.25) is 0 Å². The van der Waals surface area contributed by atoms with Gasteiger partial charge in [-0.3, -0.25) is 9.36 Å². The number of tetrazole rings is 1. The van der Waals surface area contributed by atoms with Gasteiger partial charge < -0.3 is 0 Å². The molecule has 138 valence electrons. The highest BCUT2D eigenvalue weighted by atomic mass is 32.1. The number of hydrogen-bond acceptors (Lipinski definition) is 6. The summed E-state index contributed by atoms with van der Waals surface area (Å²) in [6.45, 7) is 3.06. The summed E-state index contributed by atoms with van der Waals surface area (Å²) in [6.07, 6.45) is 3.51. The summed E-state index contributed by atoms with van der Waals surface area (Å²) in [4.78, 5) is 18.1. The van der Waals surface area contributed by atoms with Gasteiger partial charge in [0.1, 0.15) is 10.6 Å². The van der Waals surface area contributed by atoms with Crippen LogP contribution in [0.15, 0.2) is 40.8 Å². The van der Waals surface area contributed by atoms with E-state index in [4.69, 9.17) is 0 Å². The standard InChI is InChI=1S/C18H17FN6OS/c1-2-3-8-25-15(21-22-23-25)9-24-11-20-17-16(18(24)26)14(10-27-17)12-4-6-13(19)7-5-12/h4-7,10-11H,2-3,8-9H2,1H3. The molecule has 4 rings (SSSR count). The van der Waals surface area contributed by atoms with Crippen LogP contribution in [0.1, 0.15) is 25.6 Å². The summed E-state index contributed by atoms with van der Waals surface area (Å²) < 4.78 is 16.5. The number of fused-ring (bicyclic) bond motifs is 1. The zero-order chi connectivity index (χ0) is 18.8. The van der Waals surface area contributed by atoms with Crippen LogP contribution in [-0.2, 0) is 13.1 Å². The molecule has 0 spiro atoms. The van der Waals surface area contributed by atoms with Crippen molar-refractivity contribution in [1.82, 2.24) is 29.8 Å². The number of aromatic nitrogens is 6. The van der Waals surface area contributed by atoms with E-state index in [1.54, 1.807) is 16.8 Å². The van der Waals surface area contributed by atoms with Crippen molar-refractivity contribution in [3.05, 3.63) is 58.0 Å². The summed E-state index contributed by atoms with van der Waals surface area (Å²) in [5.74, 6) is 0.304. The molecule has 9 heteroatoms. The summed E-state index contributed by atoms with van der Waals surface area (Å²) in [7, 11) is 0. The van der Waals surface area contributed by atoms with Crippen molar-refractivity contribution in [3.63, 3.8) is 0 Å². The van der Waals surface area contributed by atoms with Gasteiger partial charge in [-0.1, -0.05) is 25.5 Å². The molecule has 3 heterocycles. The molecule has 0 N–H and O–H groups in total. The predicted octanol–water partition coefficient (Wildman–Crippen LogP) is 3.10. The van der Waals surface area contributed by atoms with Gasteiger partial charge in [-0.2, -0.15) is 0 Å². The van der Waals surface area contributed by atoms with Crippen molar-refractivity contribution in [3.8, 4) is 11.1 Å². The SMILES string of the molecule is CCCCn1nnnc1Cn1cnc2scc(-c3ccc(F)cc3)c2c1=O. The molecule has 0 bridgehead atoms. The molecule has 0 atom stereocenters. The van der Waals surface area contributed by atoms with Crippen molar-refractivity contribution in [2.24, 2.45) is 0 Å². The molecule has 1 aromatic carbocycles. The lowest BCUT2D eigenvalue weighted by molar-refractivity contribution is 0.521. The van der Waals surface area contributed by atoms with Crippen LogP contribution in [-0.4, -0.2) is 29.8 Å². The van der Waals surface area contributed by atoms with Gasteiger partial charge in [0.05, 0.1) is 18.3 Å². The van der Waals surface area contributed by atoms with E-state index in [0.717, 1.165) is 24.0 Å². The molecule has 0 amide bonds. The van der Waals surface area contributed by atoms with Crippen molar-refractivity contribution in [2.75, 3.05) is 0 Å². The molecule has 7 nitrogen and oxygen atoms in total. The molecule has 3 aromatic heterocycles. The van der Waals surface area contributed by atoms with Gasteiger partial charge in [-0.25, -0.2) is 14.1 Å². The molecule has 0 fully saturated rings. The second-order valence-corrected chi connectivity index (χ2v) is 7.04. The van der Waals surface area contributed by atoms with Crippen molar-refractivity contribution in [1.29, 1.82) is 0 Å². The third kappa shape index (κ3) is 3.37. The quantitative estimate of drug-likeness (QED) is 0.510. The Kier molecular flexibility index (Phi) is 4.76. The number of thiophene rings is 1. The molecule has 27 heavy (non-hydrogen) atoms. The van der Waals surface area contributed by atoms with E-state index in [1.165, 1.54) is 34.4 Å². The van der Waals surface area contributed by atoms with Gasteiger partial charge in [-0.05, 0) is 34.5 Å². The number of unbranched alkanes of at least 4 members (excludes halogenated alkanes) is 1. The molecular formula is C18H17FN6OS. The molecular weight excluding hydrogens is 367 g/mol. The maximum Gasteiger partial charge on any atom is 0.263 e. The van der Waals surface area contributed by atoms with Crippen LogP contribution < -0.4 is 5.56 Å². The Bertz CT molecular complexity index is 1130. The Morgan fingerprint density at radius 2 is 2.04 bits per heavy atom. The third-order valence-electron chi connectivity index (χ3n) is 4.36. The largest absolute Gasteiger partial charge is 0.291 e. The number of aryl methyl sites for hydroxylation is 1. The van der Waals surface area contributed by atoms with E-state index in [9.17, 15) is 9.18 Å². The first kappa shape index (κ1) is 17.5. The molecule has 0 radical (unpaired) electrons. The minimum atomic E-state index is -0.312. The maximum atomic E-state index is 13.2. The smallest absolute Gasteiger partial charge is 0.263 e. The Morgan fingerprint density at radius 3 is 2.81 bits per heavy atom. The van der Waals surface area contributed by atoms with Crippen LogP contribution in [0.5, 0.6) is 0 Å². The first-order chi connectivity index (χ1) is 13.2. The van der Waals surface area contributed by atoms with Gasteiger partial charge in [0, 0.05) is 17.5 Å². The first-order valence-corrected chi connectivity index (χ1v) is 9.53. The molecule has 0 aliphatic heterocycles. The van der Waals surface area contributed by atoms with Crippen molar-refractivity contribution < 1.29 is 4.39 Å². The highest BCUT2D eigenvalue weighted by Crippen LogP contribution is 2.30. The van der Waals surface area contributed by atoms with Crippen LogP contribution >= 0.6 is 11.3 Å². The zero-order valence-corrected chi connectivity index (χ0v) is 15.5. The van der Waals surface area contributed by atoms with Gasteiger partial charge in [0.15, 0.2) is 5.82 Å². The van der Waals surface area contributed by atoms with Crippen molar-refractivity contribution in [2.45, 2.75) is 32.9 Å². The minimum absolute atomic E-state index is 0.161. The molecule has 4 aromatic rings. The monoisotopic (exact) mass is 384 g/mol. The van der Waals surface area contributed by atoms with Gasteiger partial charge >= 0.3 is 0 Å². The summed E-state index contributed by atoms with van der Waals surface area (Å²) in [6, 6.07) is 6.10. The van der Waals surface area contributed by atoms with Crippen LogP contribution in [0.2, 0.25) is 0 Å². The van der Waals surface area contributed by atoms with Crippen LogP contribution in [0.4, 0.5) is 4.39 Å². The second-order valence-electron chi connectivity index (χ2n) is 6.19. The number of halogens is 1. The fraction of sp³-hybridized carbons (Fsp3) is 0.278. The average Bonchev–Trinajstić information content (AvgIpc) is 3.30. The number of hydrogen-bond donors (Lipinski definition) is 0. The fourth-order valence-corrected chi connectivity index (χ4v) is 3.80. The summed E-state index contributed by atoms with van der Waals surface area (Å²) >= 11 is 1.39. The Hall–Kier alpha value is -2.94.